The van der Waals surface area contributed by atoms with Crippen molar-refractivity contribution in [1.29, 1.82) is 0 Å². The van der Waals surface area contributed by atoms with E-state index in [2.05, 4.69) is 5.10 Å². The van der Waals surface area contributed by atoms with E-state index in [0.29, 0.717) is 25.9 Å². The highest BCUT2D eigenvalue weighted by Crippen LogP contribution is 2.25. The van der Waals surface area contributed by atoms with Gasteiger partial charge in [0.15, 0.2) is 11.4 Å². The molecule has 2 aliphatic rings. The monoisotopic (exact) mass is 382 g/mol. The molecule has 1 N–H and O–H groups in total. The molecule has 1 aromatic carbocycles. The second kappa shape index (κ2) is 8.04. The molecular weight excluding hydrogens is 356 g/mol. The van der Waals surface area contributed by atoms with Gasteiger partial charge in [0.1, 0.15) is 0 Å². The lowest BCUT2D eigenvalue weighted by molar-refractivity contribution is -0.137. The van der Waals surface area contributed by atoms with E-state index in [1.165, 1.54) is 17.3 Å². The SMILES string of the molecule is O=C(c1nn(-c2ccccc2)cc1O)N1CCC(C(=O)N2CCCCC2)CC1. The van der Waals surface area contributed by atoms with Gasteiger partial charge >= 0.3 is 0 Å². The summed E-state index contributed by atoms with van der Waals surface area (Å²) in [6.07, 6.45) is 6.17. The number of nitrogens with zero attached hydrogens (tertiary/aromatic N) is 4. The first-order valence-electron chi connectivity index (χ1n) is 10.1. The number of amides is 2. The van der Waals surface area contributed by atoms with Crippen LogP contribution in [-0.2, 0) is 4.79 Å². The van der Waals surface area contributed by atoms with Gasteiger partial charge in [-0.2, -0.15) is 5.10 Å². The van der Waals surface area contributed by atoms with Crippen molar-refractivity contribution in [3.8, 4) is 11.4 Å². The number of aromatic hydroxyl groups is 1. The van der Waals surface area contributed by atoms with Crippen molar-refractivity contribution in [2.75, 3.05) is 26.2 Å². The molecule has 1 aromatic heterocycles. The molecule has 0 unspecified atom stereocenters. The van der Waals surface area contributed by atoms with E-state index in [9.17, 15) is 14.7 Å². The molecule has 0 atom stereocenters. The van der Waals surface area contributed by atoms with E-state index in [4.69, 9.17) is 0 Å². The highest BCUT2D eigenvalue weighted by Gasteiger charge is 2.32. The van der Waals surface area contributed by atoms with Crippen molar-refractivity contribution in [3.05, 3.63) is 42.2 Å². The van der Waals surface area contributed by atoms with E-state index in [0.717, 1.165) is 31.6 Å². The van der Waals surface area contributed by atoms with Crippen molar-refractivity contribution >= 4 is 11.8 Å². The van der Waals surface area contributed by atoms with Crippen LogP contribution in [0.3, 0.4) is 0 Å². The van der Waals surface area contributed by atoms with Gasteiger partial charge in [-0.3, -0.25) is 9.59 Å². The Morgan fingerprint density at radius 1 is 0.929 bits per heavy atom. The number of carbonyl (C=O) groups is 2. The average molecular weight is 382 g/mol. The third-order valence-electron chi connectivity index (χ3n) is 5.72. The fourth-order valence-electron chi connectivity index (χ4n) is 4.08. The quantitative estimate of drug-likeness (QED) is 0.884. The maximum absolute atomic E-state index is 12.8. The van der Waals surface area contributed by atoms with Crippen molar-refractivity contribution in [2.24, 2.45) is 5.92 Å². The smallest absolute Gasteiger partial charge is 0.278 e. The number of para-hydroxylation sites is 1. The van der Waals surface area contributed by atoms with Crippen LogP contribution >= 0.6 is 0 Å². The number of rotatable bonds is 3. The van der Waals surface area contributed by atoms with Crippen LogP contribution in [0.15, 0.2) is 36.5 Å². The summed E-state index contributed by atoms with van der Waals surface area (Å²) in [6.45, 7) is 2.76. The Morgan fingerprint density at radius 3 is 2.29 bits per heavy atom. The Kier molecular flexibility index (Phi) is 5.32. The van der Waals surface area contributed by atoms with Crippen LogP contribution in [0.1, 0.15) is 42.6 Å². The lowest BCUT2D eigenvalue weighted by Gasteiger charge is -2.35. The first kappa shape index (κ1) is 18.5. The molecule has 0 saturated carbocycles. The first-order valence-corrected chi connectivity index (χ1v) is 10.1. The second-order valence-electron chi connectivity index (χ2n) is 7.60. The van der Waals surface area contributed by atoms with Gasteiger partial charge in [-0.15, -0.1) is 0 Å². The molecule has 28 heavy (non-hydrogen) atoms. The van der Waals surface area contributed by atoms with E-state index >= 15 is 0 Å². The summed E-state index contributed by atoms with van der Waals surface area (Å²) in [5, 5.41) is 14.5. The summed E-state index contributed by atoms with van der Waals surface area (Å²) >= 11 is 0. The van der Waals surface area contributed by atoms with Gasteiger partial charge in [0.05, 0.1) is 11.9 Å². The first-order chi connectivity index (χ1) is 13.6. The Morgan fingerprint density at radius 2 is 1.61 bits per heavy atom. The molecule has 3 heterocycles. The van der Waals surface area contributed by atoms with Crippen LogP contribution < -0.4 is 0 Å². The highest BCUT2D eigenvalue weighted by atomic mass is 16.3. The molecule has 2 aromatic rings. The summed E-state index contributed by atoms with van der Waals surface area (Å²) in [5.41, 5.74) is 0.840. The number of aromatic nitrogens is 2. The molecule has 148 valence electrons. The third kappa shape index (κ3) is 3.74. The Bertz CT molecular complexity index is 835. The molecule has 4 rings (SSSR count). The molecular formula is C21H26N4O3. The molecule has 2 fully saturated rings. The maximum Gasteiger partial charge on any atom is 0.278 e. The van der Waals surface area contributed by atoms with Gasteiger partial charge in [0, 0.05) is 32.1 Å². The van der Waals surface area contributed by atoms with Crippen LogP contribution in [0.5, 0.6) is 5.75 Å². The second-order valence-corrected chi connectivity index (χ2v) is 7.60. The zero-order chi connectivity index (χ0) is 19.5. The third-order valence-corrected chi connectivity index (χ3v) is 5.72. The molecule has 0 bridgehead atoms. The number of hydrogen-bond donors (Lipinski definition) is 1. The summed E-state index contributed by atoms with van der Waals surface area (Å²) in [7, 11) is 0. The topological polar surface area (TPSA) is 78.7 Å². The lowest BCUT2D eigenvalue weighted by Crippen LogP contribution is -2.45. The fraction of sp³-hybridized carbons (Fsp3) is 0.476. The van der Waals surface area contributed by atoms with Crippen LogP contribution in [0.2, 0.25) is 0 Å². The standard InChI is InChI=1S/C21H26N4O3/c26-18-15-25(17-7-3-1-4-8-17)22-19(18)21(28)24-13-9-16(10-14-24)20(27)23-11-5-2-6-12-23/h1,3-4,7-8,15-16,26H,2,5-6,9-14H2. The van der Waals surface area contributed by atoms with Gasteiger partial charge in [0.2, 0.25) is 5.91 Å². The van der Waals surface area contributed by atoms with Crippen molar-refractivity contribution in [3.63, 3.8) is 0 Å². The van der Waals surface area contributed by atoms with Crippen LogP contribution in [0.4, 0.5) is 0 Å². The largest absolute Gasteiger partial charge is 0.504 e. The number of hydrogen-bond acceptors (Lipinski definition) is 4. The Balaban J connectivity index is 1.39. The Hall–Kier alpha value is -2.83. The van der Waals surface area contributed by atoms with Gasteiger partial charge < -0.3 is 14.9 Å². The summed E-state index contributed by atoms with van der Waals surface area (Å²) < 4.78 is 1.51. The number of piperidine rings is 2. The van der Waals surface area contributed by atoms with Gasteiger partial charge in [-0.1, -0.05) is 18.2 Å². The van der Waals surface area contributed by atoms with E-state index in [-0.39, 0.29) is 29.2 Å². The van der Waals surface area contributed by atoms with Crippen LogP contribution in [0, 0.1) is 5.92 Å². The zero-order valence-electron chi connectivity index (χ0n) is 16.0. The van der Waals surface area contributed by atoms with Crippen molar-refractivity contribution in [1.82, 2.24) is 19.6 Å². The van der Waals surface area contributed by atoms with E-state index < -0.39 is 0 Å². The summed E-state index contributed by atoms with van der Waals surface area (Å²) in [5.74, 6) is -0.169. The molecule has 0 aliphatic carbocycles. The fourth-order valence-corrected chi connectivity index (χ4v) is 4.08. The minimum Gasteiger partial charge on any atom is -0.504 e. The van der Waals surface area contributed by atoms with Crippen LogP contribution in [0.25, 0.3) is 5.69 Å². The highest BCUT2D eigenvalue weighted by molar-refractivity contribution is 5.95. The van der Waals surface area contributed by atoms with Crippen molar-refractivity contribution in [2.45, 2.75) is 32.1 Å². The summed E-state index contributed by atoms with van der Waals surface area (Å²) in [4.78, 5) is 29.2. The summed E-state index contributed by atoms with van der Waals surface area (Å²) in [6, 6.07) is 9.37. The van der Waals surface area contributed by atoms with Gasteiger partial charge in [-0.25, -0.2) is 4.68 Å². The van der Waals surface area contributed by atoms with Crippen molar-refractivity contribution < 1.29 is 14.7 Å². The molecule has 0 radical (unpaired) electrons. The van der Waals surface area contributed by atoms with E-state index in [1.54, 1.807) is 4.90 Å². The van der Waals surface area contributed by atoms with Gasteiger partial charge in [0.25, 0.3) is 5.91 Å². The Labute approximate surface area is 164 Å². The molecule has 2 aliphatic heterocycles. The van der Waals surface area contributed by atoms with Crippen LogP contribution in [-0.4, -0.2) is 62.7 Å². The van der Waals surface area contributed by atoms with E-state index in [1.807, 2.05) is 35.2 Å². The minimum atomic E-state index is -0.281. The predicted octanol–water partition coefficient (Wildman–Crippen LogP) is 2.44. The van der Waals surface area contributed by atoms with Gasteiger partial charge in [-0.05, 0) is 44.2 Å². The minimum absolute atomic E-state index is 0.00220. The predicted molar refractivity (Wildman–Crippen MR) is 104 cm³/mol. The number of benzene rings is 1. The lowest BCUT2D eigenvalue weighted by atomic mass is 9.94. The molecule has 2 saturated heterocycles. The maximum atomic E-state index is 12.8. The normalized spacial score (nSPS) is 18.3. The molecule has 0 spiro atoms. The average Bonchev–Trinajstić information content (AvgIpc) is 3.16. The molecule has 7 heteroatoms. The zero-order valence-corrected chi connectivity index (χ0v) is 16.0. The number of carbonyl (C=O) groups excluding carboxylic acids is 2. The molecule has 7 nitrogen and oxygen atoms in total. The number of likely N-dealkylation sites (tertiary alicyclic amines) is 2. The molecule has 2 amide bonds.